The van der Waals surface area contributed by atoms with E-state index in [1.165, 1.54) is 12.8 Å². The summed E-state index contributed by atoms with van der Waals surface area (Å²) in [5.74, 6) is -0.0271. The highest BCUT2D eigenvalue weighted by Gasteiger charge is 2.29. The number of rotatable bonds is 2. The number of morpholine rings is 1. The predicted octanol–water partition coefficient (Wildman–Crippen LogP) is 1.89. The van der Waals surface area contributed by atoms with Crippen molar-refractivity contribution in [3.8, 4) is 0 Å². The lowest BCUT2D eigenvalue weighted by Crippen LogP contribution is -2.40. The molecule has 1 aromatic rings. The summed E-state index contributed by atoms with van der Waals surface area (Å²) in [6, 6.07) is 0.386. The Kier molecular flexibility index (Phi) is 3.97. The number of nitrogens with zero attached hydrogens (tertiary/aromatic N) is 4. The Morgan fingerprint density at radius 2 is 1.95 bits per heavy atom. The summed E-state index contributed by atoms with van der Waals surface area (Å²) in [4.78, 5) is 14.1. The van der Waals surface area contributed by atoms with E-state index in [1.807, 2.05) is 10.9 Å². The van der Waals surface area contributed by atoms with E-state index < -0.39 is 0 Å². The normalized spacial score (nSPS) is 23.2. The summed E-state index contributed by atoms with van der Waals surface area (Å²) in [5.41, 5.74) is 0.894. The average Bonchev–Trinajstić information content (AvgIpc) is 2.97. The van der Waals surface area contributed by atoms with E-state index in [9.17, 15) is 4.79 Å². The van der Waals surface area contributed by atoms with Gasteiger partial charge in [0.25, 0.3) is 5.91 Å². The SMILES string of the molecule is CC1(C)CCC(n2cc(C(=O)N3CCOCC3)nn2)CC1. The van der Waals surface area contributed by atoms with Crippen molar-refractivity contribution < 1.29 is 9.53 Å². The molecule has 116 valence electrons. The van der Waals surface area contributed by atoms with Gasteiger partial charge in [0, 0.05) is 13.1 Å². The van der Waals surface area contributed by atoms with E-state index in [2.05, 4.69) is 24.2 Å². The van der Waals surface area contributed by atoms with Gasteiger partial charge in [-0.1, -0.05) is 19.1 Å². The molecule has 3 rings (SSSR count). The molecule has 0 spiro atoms. The van der Waals surface area contributed by atoms with Crippen molar-refractivity contribution in [1.29, 1.82) is 0 Å². The van der Waals surface area contributed by atoms with Crippen LogP contribution in [-0.2, 0) is 4.74 Å². The molecule has 2 fully saturated rings. The third-order valence-corrected chi connectivity index (χ3v) is 4.71. The number of amides is 1. The van der Waals surface area contributed by atoms with Gasteiger partial charge in [0.15, 0.2) is 5.69 Å². The van der Waals surface area contributed by atoms with Gasteiger partial charge in [0.2, 0.25) is 0 Å². The highest BCUT2D eigenvalue weighted by molar-refractivity contribution is 5.92. The van der Waals surface area contributed by atoms with Gasteiger partial charge < -0.3 is 9.64 Å². The van der Waals surface area contributed by atoms with Crippen LogP contribution >= 0.6 is 0 Å². The lowest BCUT2D eigenvalue weighted by molar-refractivity contribution is 0.0299. The Morgan fingerprint density at radius 1 is 1.29 bits per heavy atom. The van der Waals surface area contributed by atoms with Crippen LogP contribution in [0.25, 0.3) is 0 Å². The molecule has 1 aliphatic carbocycles. The molecule has 6 heteroatoms. The molecule has 1 aromatic heterocycles. The van der Waals surface area contributed by atoms with Gasteiger partial charge in [0.05, 0.1) is 25.5 Å². The maximum Gasteiger partial charge on any atom is 0.276 e. The van der Waals surface area contributed by atoms with Gasteiger partial charge in [-0.15, -0.1) is 5.10 Å². The summed E-state index contributed by atoms with van der Waals surface area (Å²) >= 11 is 0. The van der Waals surface area contributed by atoms with Crippen LogP contribution < -0.4 is 0 Å². The maximum absolute atomic E-state index is 12.4. The molecular formula is C15H24N4O2. The van der Waals surface area contributed by atoms with Crippen LogP contribution in [0.15, 0.2) is 6.20 Å². The minimum Gasteiger partial charge on any atom is -0.378 e. The number of carbonyl (C=O) groups excluding carboxylic acids is 1. The van der Waals surface area contributed by atoms with Crippen molar-refractivity contribution in [2.75, 3.05) is 26.3 Å². The van der Waals surface area contributed by atoms with E-state index >= 15 is 0 Å². The van der Waals surface area contributed by atoms with Gasteiger partial charge in [-0.2, -0.15) is 0 Å². The fourth-order valence-corrected chi connectivity index (χ4v) is 3.13. The molecule has 0 bridgehead atoms. The van der Waals surface area contributed by atoms with Crippen LogP contribution in [0.3, 0.4) is 0 Å². The van der Waals surface area contributed by atoms with Crippen molar-refractivity contribution in [3.05, 3.63) is 11.9 Å². The Bertz CT molecular complexity index is 496. The standard InChI is InChI=1S/C15H24N4O2/c1-15(2)5-3-12(4-6-15)19-11-13(16-17-19)14(20)18-7-9-21-10-8-18/h11-12H,3-10H2,1-2H3. The molecule has 21 heavy (non-hydrogen) atoms. The van der Waals surface area contributed by atoms with Crippen LogP contribution in [0.5, 0.6) is 0 Å². The fourth-order valence-electron chi connectivity index (χ4n) is 3.13. The van der Waals surface area contributed by atoms with Crippen LogP contribution in [-0.4, -0.2) is 52.1 Å². The van der Waals surface area contributed by atoms with Crippen molar-refractivity contribution in [2.45, 2.75) is 45.6 Å². The maximum atomic E-state index is 12.4. The van der Waals surface area contributed by atoms with E-state index in [4.69, 9.17) is 4.74 Å². The zero-order valence-corrected chi connectivity index (χ0v) is 12.9. The summed E-state index contributed by atoms with van der Waals surface area (Å²) in [5, 5.41) is 8.28. The van der Waals surface area contributed by atoms with Crippen molar-refractivity contribution in [3.63, 3.8) is 0 Å². The quantitative estimate of drug-likeness (QED) is 0.835. The second kappa shape index (κ2) is 5.75. The van der Waals surface area contributed by atoms with E-state index in [0.717, 1.165) is 12.8 Å². The smallest absolute Gasteiger partial charge is 0.276 e. The first-order valence-corrected chi connectivity index (χ1v) is 7.84. The van der Waals surface area contributed by atoms with Gasteiger partial charge in [-0.3, -0.25) is 4.79 Å². The number of aromatic nitrogens is 3. The molecule has 1 saturated heterocycles. The zero-order chi connectivity index (χ0) is 14.9. The van der Waals surface area contributed by atoms with E-state index in [-0.39, 0.29) is 5.91 Å². The molecule has 1 amide bonds. The lowest BCUT2D eigenvalue weighted by Gasteiger charge is -2.34. The molecule has 1 aliphatic heterocycles. The zero-order valence-electron chi connectivity index (χ0n) is 12.9. The molecule has 2 aliphatic rings. The molecular weight excluding hydrogens is 268 g/mol. The van der Waals surface area contributed by atoms with E-state index in [1.54, 1.807) is 4.90 Å². The summed E-state index contributed by atoms with van der Waals surface area (Å²) in [6.07, 6.45) is 6.44. The molecule has 0 unspecified atom stereocenters. The molecule has 0 atom stereocenters. The first-order valence-electron chi connectivity index (χ1n) is 7.84. The van der Waals surface area contributed by atoms with E-state index in [0.29, 0.717) is 43.5 Å². The Balaban J connectivity index is 1.64. The first-order chi connectivity index (χ1) is 10.1. The summed E-state index contributed by atoms with van der Waals surface area (Å²) in [7, 11) is 0. The summed E-state index contributed by atoms with van der Waals surface area (Å²) < 4.78 is 7.16. The lowest BCUT2D eigenvalue weighted by atomic mass is 9.76. The monoisotopic (exact) mass is 292 g/mol. The highest BCUT2D eigenvalue weighted by Crippen LogP contribution is 2.39. The van der Waals surface area contributed by atoms with Crippen LogP contribution in [0.4, 0.5) is 0 Å². The minimum absolute atomic E-state index is 0.0271. The third-order valence-electron chi connectivity index (χ3n) is 4.71. The first kappa shape index (κ1) is 14.5. The van der Waals surface area contributed by atoms with Crippen LogP contribution in [0.2, 0.25) is 0 Å². The number of ether oxygens (including phenoxy) is 1. The fraction of sp³-hybridized carbons (Fsp3) is 0.800. The Labute approximate surface area is 125 Å². The molecule has 2 heterocycles. The summed E-state index contributed by atoms with van der Waals surface area (Å²) in [6.45, 7) is 7.14. The van der Waals surface area contributed by atoms with Gasteiger partial charge in [-0.05, 0) is 31.1 Å². The van der Waals surface area contributed by atoms with Gasteiger partial charge in [-0.25, -0.2) is 4.68 Å². The second-order valence-electron chi connectivity index (χ2n) is 6.88. The van der Waals surface area contributed by atoms with Crippen molar-refractivity contribution in [1.82, 2.24) is 19.9 Å². The average molecular weight is 292 g/mol. The molecule has 0 radical (unpaired) electrons. The number of hydrogen-bond acceptors (Lipinski definition) is 4. The Morgan fingerprint density at radius 3 is 2.62 bits per heavy atom. The number of hydrogen-bond donors (Lipinski definition) is 0. The third kappa shape index (κ3) is 3.26. The van der Waals surface area contributed by atoms with Gasteiger partial charge >= 0.3 is 0 Å². The molecule has 6 nitrogen and oxygen atoms in total. The molecule has 1 saturated carbocycles. The second-order valence-corrected chi connectivity index (χ2v) is 6.88. The van der Waals surface area contributed by atoms with Gasteiger partial charge in [0.1, 0.15) is 0 Å². The number of carbonyl (C=O) groups is 1. The molecule has 0 aromatic carbocycles. The highest BCUT2D eigenvalue weighted by atomic mass is 16.5. The largest absolute Gasteiger partial charge is 0.378 e. The van der Waals surface area contributed by atoms with Crippen LogP contribution in [0.1, 0.15) is 56.1 Å². The Hall–Kier alpha value is -1.43. The predicted molar refractivity (Wildman–Crippen MR) is 78.0 cm³/mol. The van der Waals surface area contributed by atoms with Crippen molar-refractivity contribution >= 4 is 5.91 Å². The minimum atomic E-state index is -0.0271. The van der Waals surface area contributed by atoms with Crippen molar-refractivity contribution in [2.24, 2.45) is 5.41 Å². The molecule has 0 N–H and O–H groups in total. The topological polar surface area (TPSA) is 60.2 Å². The van der Waals surface area contributed by atoms with Crippen LogP contribution in [0, 0.1) is 5.41 Å².